The molecule has 1 aliphatic rings. The normalized spacial score (nSPS) is 20.1. The van der Waals surface area contributed by atoms with E-state index in [0.29, 0.717) is 6.04 Å². The van der Waals surface area contributed by atoms with Crippen LogP contribution in [0.25, 0.3) is 0 Å². The van der Waals surface area contributed by atoms with E-state index in [1.165, 1.54) is 0 Å². The molecule has 0 radical (unpaired) electrons. The average Bonchev–Trinajstić information content (AvgIpc) is 2.15. The number of likely N-dealkylation sites (tertiary alicyclic amines) is 1. The van der Waals surface area contributed by atoms with E-state index in [1.807, 2.05) is 4.90 Å². The van der Waals surface area contributed by atoms with Gasteiger partial charge in [-0.1, -0.05) is 6.58 Å². The lowest BCUT2D eigenvalue weighted by Gasteiger charge is -2.25. The van der Waals surface area contributed by atoms with Crippen molar-refractivity contribution in [3.05, 3.63) is 12.2 Å². The van der Waals surface area contributed by atoms with Gasteiger partial charge in [-0.25, -0.2) is 0 Å². The van der Waals surface area contributed by atoms with Crippen molar-refractivity contribution in [3.8, 4) is 0 Å². The number of carbonyl (C=O) groups is 1. The van der Waals surface area contributed by atoms with Crippen LogP contribution in [0.5, 0.6) is 0 Å². The standard InChI is InChI=1S/C10H17NO/c1-8(2)11-7-5-4-6-9(3)10(11)12/h8H,3-7H2,1-2H3. The van der Waals surface area contributed by atoms with Crippen molar-refractivity contribution >= 4 is 5.91 Å². The van der Waals surface area contributed by atoms with E-state index in [0.717, 1.165) is 31.4 Å². The molecule has 1 heterocycles. The zero-order valence-corrected chi connectivity index (χ0v) is 7.97. The summed E-state index contributed by atoms with van der Waals surface area (Å²) >= 11 is 0. The number of nitrogens with zero attached hydrogens (tertiary/aromatic N) is 1. The fourth-order valence-electron chi connectivity index (χ4n) is 1.52. The molecule has 0 aromatic heterocycles. The zero-order valence-electron chi connectivity index (χ0n) is 7.97. The van der Waals surface area contributed by atoms with Gasteiger partial charge in [0.25, 0.3) is 0 Å². The van der Waals surface area contributed by atoms with Crippen LogP contribution in [0, 0.1) is 0 Å². The molecule has 0 aliphatic carbocycles. The second-order valence-electron chi connectivity index (χ2n) is 3.65. The highest BCUT2D eigenvalue weighted by atomic mass is 16.2. The van der Waals surface area contributed by atoms with Crippen LogP contribution in [0.3, 0.4) is 0 Å². The van der Waals surface area contributed by atoms with Gasteiger partial charge in [0.15, 0.2) is 0 Å². The fourth-order valence-corrected chi connectivity index (χ4v) is 1.52. The van der Waals surface area contributed by atoms with E-state index in [1.54, 1.807) is 0 Å². The molecule has 0 aromatic carbocycles. The minimum Gasteiger partial charge on any atom is -0.337 e. The van der Waals surface area contributed by atoms with Gasteiger partial charge in [-0.15, -0.1) is 0 Å². The Bertz CT molecular complexity index is 196. The van der Waals surface area contributed by atoms with Gasteiger partial charge in [0, 0.05) is 18.2 Å². The van der Waals surface area contributed by atoms with E-state index in [2.05, 4.69) is 20.4 Å². The molecule has 0 N–H and O–H groups in total. The molecule has 0 saturated carbocycles. The molecule has 0 aromatic rings. The van der Waals surface area contributed by atoms with E-state index in [9.17, 15) is 4.79 Å². The van der Waals surface area contributed by atoms with Crippen molar-refractivity contribution in [1.29, 1.82) is 0 Å². The van der Waals surface area contributed by atoms with Crippen LogP contribution < -0.4 is 0 Å². The van der Waals surface area contributed by atoms with Gasteiger partial charge in [0.05, 0.1) is 0 Å². The van der Waals surface area contributed by atoms with Crippen LogP contribution in [-0.2, 0) is 4.79 Å². The Morgan fingerprint density at radius 2 is 2.08 bits per heavy atom. The molecule has 0 bridgehead atoms. The molecule has 12 heavy (non-hydrogen) atoms. The lowest BCUT2D eigenvalue weighted by atomic mass is 10.1. The SMILES string of the molecule is C=C1CCCCN(C(C)C)C1=O. The number of rotatable bonds is 1. The Balaban J connectivity index is 2.71. The van der Waals surface area contributed by atoms with Gasteiger partial charge < -0.3 is 4.90 Å². The first-order chi connectivity index (χ1) is 5.63. The Labute approximate surface area is 74.2 Å². The predicted molar refractivity (Wildman–Crippen MR) is 49.8 cm³/mol. The van der Waals surface area contributed by atoms with E-state index < -0.39 is 0 Å². The quantitative estimate of drug-likeness (QED) is 0.547. The summed E-state index contributed by atoms with van der Waals surface area (Å²) in [5, 5.41) is 0. The number of hydrogen-bond acceptors (Lipinski definition) is 1. The topological polar surface area (TPSA) is 20.3 Å². The second kappa shape index (κ2) is 3.74. The maximum atomic E-state index is 11.6. The van der Waals surface area contributed by atoms with Crippen LogP contribution in [0.15, 0.2) is 12.2 Å². The maximum Gasteiger partial charge on any atom is 0.249 e. The molecule has 0 spiro atoms. The lowest BCUT2D eigenvalue weighted by molar-refractivity contribution is -0.128. The Morgan fingerprint density at radius 1 is 1.42 bits per heavy atom. The molecular weight excluding hydrogens is 150 g/mol. The van der Waals surface area contributed by atoms with Crippen LogP contribution in [0.1, 0.15) is 33.1 Å². The average molecular weight is 167 g/mol. The third-order valence-corrected chi connectivity index (χ3v) is 2.31. The van der Waals surface area contributed by atoms with Crippen molar-refractivity contribution in [2.45, 2.75) is 39.2 Å². The highest BCUT2D eigenvalue weighted by molar-refractivity contribution is 5.93. The monoisotopic (exact) mass is 167 g/mol. The summed E-state index contributed by atoms with van der Waals surface area (Å²) in [4.78, 5) is 13.5. The number of amides is 1. The minimum atomic E-state index is 0.155. The highest BCUT2D eigenvalue weighted by Crippen LogP contribution is 2.17. The molecular formula is C10H17NO. The molecule has 1 aliphatic heterocycles. The molecule has 1 saturated heterocycles. The maximum absolute atomic E-state index is 11.6. The smallest absolute Gasteiger partial charge is 0.249 e. The van der Waals surface area contributed by atoms with Crippen LogP contribution in [0.2, 0.25) is 0 Å². The summed E-state index contributed by atoms with van der Waals surface area (Å²) in [7, 11) is 0. The first kappa shape index (κ1) is 9.30. The van der Waals surface area contributed by atoms with Gasteiger partial charge in [-0.3, -0.25) is 4.79 Å². The van der Waals surface area contributed by atoms with Gasteiger partial charge in [-0.2, -0.15) is 0 Å². The third-order valence-electron chi connectivity index (χ3n) is 2.31. The Hall–Kier alpha value is -0.790. The first-order valence-electron chi connectivity index (χ1n) is 4.61. The lowest BCUT2D eigenvalue weighted by Crippen LogP contribution is -2.37. The Morgan fingerprint density at radius 3 is 2.67 bits per heavy atom. The van der Waals surface area contributed by atoms with E-state index in [-0.39, 0.29) is 5.91 Å². The van der Waals surface area contributed by atoms with Gasteiger partial charge >= 0.3 is 0 Å². The van der Waals surface area contributed by atoms with Gasteiger partial charge in [0.1, 0.15) is 0 Å². The summed E-state index contributed by atoms with van der Waals surface area (Å²) in [6.07, 6.45) is 3.10. The highest BCUT2D eigenvalue weighted by Gasteiger charge is 2.21. The van der Waals surface area contributed by atoms with Crippen LogP contribution >= 0.6 is 0 Å². The van der Waals surface area contributed by atoms with Crippen molar-refractivity contribution < 1.29 is 4.79 Å². The molecule has 1 fully saturated rings. The van der Waals surface area contributed by atoms with E-state index in [4.69, 9.17) is 0 Å². The molecule has 2 heteroatoms. The van der Waals surface area contributed by atoms with Crippen molar-refractivity contribution in [2.75, 3.05) is 6.54 Å². The third kappa shape index (κ3) is 1.87. The second-order valence-corrected chi connectivity index (χ2v) is 3.65. The number of carbonyl (C=O) groups excluding carboxylic acids is 1. The number of hydrogen-bond donors (Lipinski definition) is 0. The summed E-state index contributed by atoms with van der Waals surface area (Å²) in [6.45, 7) is 8.80. The van der Waals surface area contributed by atoms with Gasteiger partial charge in [0.2, 0.25) is 5.91 Å². The summed E-state index contributed by atoms with van der Waals surface area (Å²) in [5.74, 6) is 0.155. The fraction of sp³-hybridized carbons (Fsp3) is 0.700. The predicted octanol–water partition coefficient (Wildman–Crippen LogP) is 1.96. The van der Waals surface area contributed by atoms with Crippen LogP contribution in [-0.4, -0.2) is 23.4 Å². The van der Waals surface area contributed by atoms with Crippen molar-refractivity contribution in [3.63, 3.8) is 0 Å². The van der Waals surface area contributed by atoms with Crippen molar-refractivity contribution in [1.82, 2.24) is 4.90 Å². The molecule has 2 nitrogen and oxygen atoms in total. The minimum absolute atomic E-state index is 0.155. The molecule has 0 atom stereocenters. The van der Waals surface area contributed by atoms with Crippen LogP contribution in [0.4, 0.5) is 0 Å². The zero-order chi connectivity index (χ0) is 9.14. The van der Waals surface area contributed by atoms with E-state index >= 15 is 0 Å². The summed E-state index contributed by atoms with van der Waals surface area (Å²) < 4.78 is 0. The summed E-state index contributed by atoms with van der Waals surface area (Å²) in [5.41, 5.74) is 0.779. The summed E-state index contributed by atoms with van der Waals surface area (Å²) in [6, 6.07) is 0.312. The molecule has 68 valence electrons. The molecule has 0 unspecified atom stereocenters. The Kier molecular flexibility index (Phi) is 2.90. The molecule has 1 rings (SSSR count). The largest absolute Gasteiger partial charge is 0.337 e. The molecule has 1 amide bonds. The first-order valence-corrected chi connectivity index (χ1v) is 4.61. The van der Waals surface area contributed by atoms with Crippen molar-refractivity contribution in [2.24, 2.45) is 0 Å². The van der Waals surface area contributed by atoms with Gasteiger partial charge in [-0.05, 0) is 33.1 Å².